The molecule has 0 atom stereocenters. The molecule has 108 valence electrons. The highest BCUT2D eigenvalue weighted by atomic mass is 35.5. The fourth-order valence-electron chi connectivity index (χ4n) is 2.32. The summed E-state index contributed by atoms with van der Waals surface area (Å²) in [6.07, 6.45) is 4.54. The average Bonchev–Trinajstić information content (AvgIpc) is 3.07. The Hall–Kier alpha value is -1.85. The molecule has 0 saturated heterocycles. The fraction of sp³-hybridized carbons (Fsp3) is 0.200. The van der Waals surface area contributed by atoms with Gasteiger partial charge in [0.05, 0.1) is 11.1 Å². The number of amides is 1. The quantitative estimate of drug-likeness (QED) is 0.774. The highest BCUT2D eigenvalue weighted by Crippen LogP contribution is 2.26. The minimum atomic E-state index is -0.146. The second kappa shape index (κ2) is 5.87. The van der Waals surface area contributed by atoms with Crippen LogP contribution >= 0.6 is 22.9 Å². The van der Waals surface area contributed by atoms with E-state index in [1.54, 1.807) is 12.3 Å². The third-order valence-corrected chi connectivity index (χ3v) is 4.13. The van der Waals surface area contributed by atoms with Crippen LogP contribution in [0, 0.1) is 0 Å². The van der Waals surface area contributed by atoms with Gasteiger partial charge in [0.25, 0.3) is 5.91 Å². The highest BCUT2D eigenvalue weighted by Gasteiger charge is 2.16. The largest absolute Gasteiger partial charge is 0.347 e. The number of fused-ring (bicyclic) bond motifs is 1. The average molecular weight is 320 g/mol. The number of hydrogen-bond acceptors (Lipinski definition) is 3. The zero-order chi connectivity index (χ0) is 14.8. The van der Waals surface area contributed by atoms with Crippen LogP contribution in [0.1, 0.15) is 23.7 Å². The monoisotopic (exact) mass is 319 g/mol. The summed E-state index contributed by atoms with van der Waals surface area (Å²) in [6.45, 7) is 2.95. The summed E-state index contributed by atoms with van der Waals surface area (Å²) in [6, 6.07) is 5.59. The third kappa shape index (κ3) is 2.80. The SMILES string of the molecule is CCCn1cc(C(=O)Nc2nccs2)c2ccc(Cl)cc21. The van der Waals surface area contributed by atoms with Crippen molar-refractivity contribution < 1.29 is 4.79 Å². The van der Waals surface area contributed by atoms with Crippen molar-refractivity contribution in [1.29, 1.82) is 0 Å². The zero-order valence-electron chi connectivity index (χ0n) is 11.5. The molecule has 0 aliphatic heterocycles. The van der Waals surface area contributed by atoms with Crippen molar-refractivity contribution in [3.63, 3.8) is 0 Å². The number of carbonyl (C=O) groups excluding carboxylic acids is 1. The van der Waals surface area contributed by atoms with Crippen molar-refractivity contribution >= 4 is 44.9 Å². The van der Waals surface area contributed by atoms with Crippen molar-refractivity contribution in [1.82, 2.24) is 9.55 Å². The first-order chi connectivity index (χ1) is 10.2. The Morgan fingerprint density at radius 3 is 3.05 bits per heavy atom. The predicted molar refractivity (Wildman–Crippen MR) is 87.3 cm³/mol. The van der Waals surface area contributed by atoms with Crippen LogP contribution in [0.5, 0.6) is 0 Å². The van der Waals surface area contributed by atoms with E-state index in [1.807, 2.05) is 23.7 Å². The van der Waals surface area contributed by atoms with Crippen LogP contribution in [0.15, 0.2) is 36.0 Å². The summed E-state index contributed by atoms with van der Waals surface area (Å²) in [5.74, 6) is -0.146. The Bertz CT molecular complexity index is 780. The molecule has 1 N–H and O–H groups in total. The minimum absolute atomic E-state index is 0.146. The number of aromatic nitrogens is 2. The first-order valence-corrected chi connectivity index (χ1v) is 7.94. The summed E-state index contributed by atoms with van der Waals surface area (Å²) in [7, 11) is 0. The lowest BCUT2D eigenvalue weighted by molar-refractivity contribution is 0.102. The molecule has 0 radical (unpaired) electrons. The molecule has 0 unspecified atom stereocenters. The van der Waals surface area contributed by atoms with Gasteiger partial charge in [0.2, 0.25) is 0 Å². The third-order valence-electron chi connectivity index (χ3n) is 3.21. The lowest BCUT2D eigenvalue weighted by Crippen LogP contribution is -2.11. The van der Waals surface area contributed by atoms with Crippen LogP contribution in [0.2, 0.25) is 5.02 Å². The number of benzene rings is 1. The molecular weight excluding hydrogens is 306 g/mol. The minimum Gasteiger partial charge on any atom is -0.347 e. The van der Waals surface area contributed by atoms with E-state index in [-0.39, 0.29) is 5.91 Å². The van der Waals surface area contributed by atoms with Gasteiger partial charge in [0.1, 0.15) is 0 Å². The number of carbonyl (C=O) groups is 1. The van der Waals surface area contributed by atoms with Crippen molar-refractivity contribution in [2.75, 3.05) is 5.32 Å². The maximum atomic E-state index is 12.4. The molecule has 2 heterocycles. The number of nitrogens with zero attached hydrogens (tertiary/aromatic N) is 2. The molecule has 4 nitrogen and oxygen atoms in total. The van der Waals surface area contributed by atoms with E-state index in [1.165, 1.54) is 11.3 Å². The van der Waals surface area contributed by atoms with E-state index in [4.69, 9.17) is 11.6 Å². The Balaban J connectivity index is 2.03. The van der Waals surface area contributed by atoms with E-state index >= 15 is 0 Å². The van der Waals surface area contributed by atoms with Gasteiger partial charge >= 0.3 is 0 Å². The molecule has 0 spiro atoms. The van der Waals surface area contributed by atoms with Crippen molar-refractivity contribution in [2.24, 2.45) is 0 Å². The molecule has 0 saturated carbocycles. The van der Waals surface area contributed by atoms with Gasteiger partial charge in [-0.05, 0) is 18.6 Å². The van der Waals surface area contributed by atoms with Gasteiger partial charge in [-0.1, -0.05) is 24.6 Å². The predicted octanol–water partition coefficient (Wildman–Crippen LogP) is 4.41. The van der Waals surface area contributed by atoms with Crippen LogP contribution in [-0.2, 0) is 6.54 Å². The molecule has 3 aromatic rings. The Kier molecular flexibility index (Phi) is 3.94. The maximum absolute atomic E-state index is 12.4. The second-order valence-electron chi connectivity index (χ2n) is 4.69. The van der Waals surface area contributed by atoms with E-state index in [2.05, 4.69) is 21.8 Å². The molecule has 1 amide bonds. The van der Waals surface area contributed by atoms with Gasteiger partial charge in [-0.15, -0.1) is 11.3 Å². The van der Waals surface area contributed by atoms with Crippen molar-refractivity contribution in [3.8, 4) is 0 Å². The summed E-state index contributed by atoms with van der Waals surface area (Å²) < 4.78 is 2.07. The standard InChI is InChI=1S/C15H14ClN3OS/c1-2-6-19-9-12(11-4-3-10(16)8-13(11)19)14(20)18-15-17-5-7-21-15/h3-5,7-9H,2,6H2,1H3,(H,17,18,20). The van der Waals surface area contributed by atoms with Crippen LogP contribution in [-0.4, -0.2) is 15.5 Å². The smallest absolute Gasteiger partial charge is 0.259 e. The Morgan fingerprint density at radius 2 is 2.33 bits per heavy atom. The first kappa shape index (κ1) is 14.1. The van der Waals surface area contributed by atoms with Gasteiger partial charge in [-0.25, -0.2) is 4.98 Å². The van der Waals surface area contributed by atoms with Gasteiger partial charge in [0.15, 0.2) is 5.13 Å². The van der Waals surface area contributed by atoms with Crippen LogP contribution < -0.4 is 5.32 Å². The first-order valence-electron chi connectivity index (χ1n) is 6.68. The number of rotatable bonds is 4. The summed E-state index contributed by atoms with van der Waals surface area (Å²) in [5, 5.41) is 6.83. The van der Waals surface area contributed by atoms with Crippen molar-refractivity contribution in [3.05, 3.63) is 46.6 Å². The van der Waals surface area contributed by atoms with Crippen molar-refractivity contribution in [2.45, 2.75) is 19.9 Å². The molecular formula is C15H14ClN3OS. The normalized spacial score (nSPS) is 11.0. The van der Waals surface area contributed by atoms with Gasteiger partial charge in [-0.3, -0.25) is 10.1 Å². The number of hydrogen-bond donors (Lipinski definition) is 1. The molecule has 2 aromatic heterocycles. The Morgan fingerprint density at radius 1 is 1.48 bits per heavy atom. The summed E-state index contributed by atoms with van der Waals surface area (Å²) in [5.41, 5.74) is 1.62. The number of halogens is 1. The van der Waals surface area contributed by atoms with E-state index < -0.39 is 0 Å². The molecule has 0 fully saturated rings. The van der Waals surface area contributed by atoms with Crippen LogP contribution in [0.4, 0.5) is 5.13 Å². The topological polar surface area (TPSA) is 46.9 Å². The molecule has 0 bridgehead atoms. The number of nitrogens with one attached hydrogen (secondary N) is 1. The number of thiazole rings is 1. The lowest BCUT2D eigenvalue weighted by atomic mass is 10.1. The molecule has 0 aliphatic carbocycles. The van der Waals surface area contributed by atoms with Gasteiger partial charge in [0, 0.05) is 34.7 Å². The van der Waals surface area contributed by atoms with Gasteiger partial charge in [-0.2, -0.15) is 0 Å². The van der Waals surface area contributed by atoms with Crippen LogP contribution in [0.3, 0.4) is 0 Å². The maximum Gasteiger partial charge on any atom is 0.259 e. The summed E-state index contributed by atoms with van der Waals surface area (Å²) in [4.78, 5) is 16.5. The Labute approximate surface area is 131 Å². The lowest BCUT2D eigenvalue weighted by Gasteiger charge is -2.02. The van der Waals surface area contributed by atoms with E-state index in [0.29, 0.717) is 15.7 Å². The summed E-state index contributed by atoms with van der Waals surface area (Å²) >= 11 is 7.47. The molecule has 6 heteroatoms. The molecule has 1 aromatic carbocycles. The number of aryl methyl sites for hydroxylation is 1. The van der Waals surface area contributed by atoms with Crippen LogP contribution in [0.25, 0.3) is 10.9 Å². The highest BCUT2D eigenvalue weighted by molar-refractivity contribution is 7.13. The second-order valence-corrected chi connectivity index (χ2v) is 6.02. The number of anilines is 1. The van der Waals surface area contributed by atoms with Gasteiger partial charge < -0.3 is 4.57 Å². The zero-order valence-corrected chi connectivity index (χ0v) is 13.0. The fourth-order valence-corrected chi connectivity index (χ4v) is 3.01. The van der Waals surface area contributed by atoms with E-state index in [0.717, 1.165) is 23.9 Å². The molecule has 21 heavy (non-hydrogen) atoms. The van der Waals surface area contributed by atoms with E-state index in [9.17, 15) is 4.79 Å². The molecule has 0 aliphatic rings. The molecule has 3 rings (SSSR count).